The first-order valence-corrected chi connectivity index (χ1v) is 5.08. The molecule has 1 rings (SSSR count). The summed E-state index contributed by atoms with van der Waals surface area (Å²) in [6, 6.07) is 1.78. The van der Waals surface area contributed by atoms with Crippen molar-refractivity contribution >= 4 is 17.2 Å². The molecule has 1 aromatic heterocycles. The Kier molecular flexibility index (Phi) is 3.45. The summed E-state index contributed by atoms with van der Waals surface area (Å²) >= 11 is 1.35. The minimum atomic E-state index is -0.580. The van der Waals surface area contributed by atoms with Crippen molar-refractivity contribution in [2.24, 2.45) is 0 Å². The fourth-order valence-electron chi connectivity index (χ4n) is 1.07. The van der Waals surface area contributed by atoms with E-state index in [1.807, 2.05) is 12.3 Å². The van der Waals surface area contributed by atoms with E-state index in [1.54, 1.807) is 13.0 Å². The van der Waals surface area contributed by atoms with Crippen molar-refractivity contribution in [3.63, 3.8) is 0 Å². The molecule has 0 aromatic carbocycles. The molecule has 0 aliphatic rings. The second kappa shape index (κ2) is 4.39. The molecule has 3 nitrogen and oxygen atoms in total. The van der Waals surface area contributed by atoms with Crippen LogP contribution in [0.25, 0.3) is 0 Å². The van der Waals surface area contributed by atoms with Gasteiger partial charge >= 0.3 is 0 Å². The molecule has 0 fully saturated rings. The number of aliphatic hydroxyl groups is 1. The van der Waals surface area contributed by atoms with E-state index in [2.05, 4.69) is 5.32 Å². The zero-order valence-corrected chi connectivity index (χ0v) is 8.52. The first-order chi connectivity index (χ1) is 6.16. The Morgan fingerprint density at radius 1 is 1.77 bits per heavy atom. The second-order valence-corrected chi connectivity index (χ2v) is 3.66. The predicted octanol–water partition coefficient (Wildman–Crippen LogP) is 1.55. The lowest BCUT2D eigenvalue weighted by Gasteiger charge is -2.05. The molecule has 13 heavy (non-hydrogen) atoms. The van der Waals surface area contributed by atoms with Gasteiger partial charge in [0.05, 0.1) is 11.0 Å². The smallest absolute Gasteiger partial charge is 0.261 e. The number of hydrogen-bond donors (Lipinski definition) is 2. The summed E-state index contributed by atoms with van der Waals surface area (Å²) in [6.45, 7) is 4.13. The van der Waals surface area contributed by atoms with Crippen molar-refractivity contribution in [3.8, 4) is 0 Å². The van der Waals surface area contributed by atoms with E-state index in [9.17, 15) is 9.90 Å². The minimum absolute atomic E-state index is 0.103. The minimum Gasteiger partial charge on any atom is -0.389 e. The number of carbonyl (C=O) groups is 1. The highest BCUT2D eigenvalue weighted by Crippen LogP contribution is 2.22. The van der Waals surface area contributed by atoms with Crippen LogP contribution in [-0.2, 0) is 0 Å². The lowest BCUT2D eigenvalue weighted by atomic mass is 10.1. The highest BCUT2D eigenvalue weighted by atomic mass is 32.1. The van der Waals surface area contributed by atoms with Crippen LogP contribution in [0.1, 0.15) is 35.2 Å². The van der Waals surface area contributed by atoms with E-state index >= 15 is 0 Å². The lowest BCUT2D eigenvalue weighted by Crippen LogP contribution is -2.22. The van der Waals surface area contributed by atoms with Crippen LogP contribution in [0.3, 0.4) is 0 Å². The molecule has 1 atom stereocenters. The van der Waals surface area contributed by atoms with Gasteiger partial charge in [-0.25, -0.2) is 0 Å². The van der Waals surface area contributed by atoms with Gasteiger partial charge in [0.1, 0.15) is 0 Å². The number of carbonyl (C=O) groups excluding carboxylic acids is 1. The Morgan fingerprint density at radius 3 is 3.00 bits per heavy atom. The predicted molar refractivity (Wildman–Crippen MR) is 53.0 cm³/mol. The van der Waals surface area contributed by atoms with Crippen molar-refractivity contribution in [1.82, 2.24) is 5.32 Å². The van der Waals surface area contributed by atoms with Gasteiger partial charge in [0, 0.05) is 12.1 Å². The molecular weight excluding hydrogens is 186 g/mol. The molecule has 1 aromatic rings. The monoisotopic (exact) mass is 199 g/mol. The van der Waals surface area contributed by atoms with Crippen LogP contribution in [0.5, 0.6) is 0 Å². The van der Waals surface area contributed by atoms with Gasteiger partial charge in [-0.1, -0.05) is 0 Å². The molecule has 72 valence electrons. The number of hydrogen-bond acceptors (Lipinski definition) is 3. The maximum absolute atomic E-state index is 11.4. The van der Waals surface area contributed by atoms with Gasteiger partial charge in [0.15, 0.2) is 0 Å². The Bertz CT molecular complexity index is 294. The summed E-state index contributed by atoms with van der Waals surface area (Å²) in [5, 5.41) is 13.9. The van der Waals surface area contributed by atoms with Gasteiger partial charge in [-0.2, -0.15) is 0 Å². The maximum atomic E-state index is 11.4. The lowest BCUT2D eigenvalue weighted by molar-refractivity contribution is 0.0954. The molecule has 0 unspecified atom stereocenters. The molecule has 1 amide bonds. The van der Waals surface area contributed by atoms with E-state index in [0.29, 0.717) is 17.0 Å². The molecule has 0 bridgehead atoms. The van der Waals surface area contributed by atoms with Crippen LogP contribution in [0.4, 0.5) is 0 Å². The third-order valence-electron chi connectivity index (χ3n) is 1.69. The third kappa shape index (κ3) is 2.29. The van der Waals surface area contributed by atoms with E-state index in [1.165, 1.54) is 11.3 Å². The van der Waals surface area contributed by atoms with Crippen molar-refractivity contribution in [3.05, 3.63) is 21.9 Å². The SMILES string of the molecule is CCNC(=O)c1sccc1[C@H](C)O. The van der Waals surface area contributed by atoms with Crippen molar-refractivity contribution in [2.75, 3.05) is 6.54 Å². The van der Waals surface area contributed by atoms with E-state index < -0.39 is 6.10 Å². The van der Waals surface area contributed by atoms with Crippen LogP contribution < -0.4 is 5.32 Å². The van der Waals surface area contributed by atoms with Gasteiger partial charge in [-0.3, -0.25) is 4.79 Å². The number of aliphatic hydroxyl groups excluding tert-OH is 1. The van der Waals surface area contributed by atoms with Gasteiger partial charge in [0.25, 0.3) is 5.91 Å². The van der Waals surface area contributed by atoms with Gasteiger partial charge in [-0.05, 0) is 25.3 Å². The van der Waals surface area contributed by atoms with Crippen molar-refractivity contribution in [2.45, 2.75) is 20.0 Å². The topological polar surface area (TPSA) is 49.3 Å². The Morgan fingerprint density at radius 2 is 2.46 bits per heavy atom. The molecular formula is C9H13NO2S. The fourth-order valence-corrected chi connectivity index (χ4v) is 1.98. The van der Waals surface area contributed by atoms with Crippen LogP contribution in [-0.4, -0.2) is 17.6 Å². The van der Waals surface area contributed by atoms with Crippen LogP contribution in [0, 0.1) is 0 Å². The zero-order chi connectivity index (χ0) is 9.84. The summed E-state index contributed by atoms with van der Waals surface area (Å²) < 4.78 is 0. The van der Waals surface area contributed by atoms with E-state index in [0.717, 1.165) is 0 Å². The molecule has 0 spiro atoms. The fraction of sp³-hybridized carbons (Fsp3) is 0.444. The number of rotatable bonds is 3. The average Bonchev–Trinajstić information content (AvgIpc) is 2.52. The standard InChI is InChI=1S/C9H13NO2S/c1-3-10-9(12)8-7(6(2)11)4-5-13-8/h4-6,11H,3H2,1-2H3,(H,10,12)/t6-/m0/s1. The number of nitrogens with one attached hydrogen (secondary N) is 1. The van der Waals surface area contributed by atoms with E-state index in [-0.39, 0.29) is 5.91 Å². The van der Waals surface area contributed by atoms with Crippen molar-refractivity contribution in [1.29, 1.82) is 0 Å². The summed E-state index contributed by atoms with van der Waals surface area (Å²) in [5.41, 5.74) is 0.705. The number of thiophene rings is 1. The van der Waals surface area contributed by atoms with Crippen LogP contribution in [0.2, 0.25) is 0 Å². The van der Waals surface area contributed by atoms with E-state index in [4.69, 9.17) is 0 Å². The average molecular weight is 199 g/mol. The molecule has 0 saturated heterocycles. The summed E-state index contributed by atoms with van der Waals surface area (Å²) in [6.07, 6.45) is -0.580. The van der Waals surface area contributed by atoms with Crippen molar-refractivity contribution < 1.29 is 9.90 Å². The largest absolute Gasteiger partial charge is 0.389 e. The summed E-state index contributed by atoms with van der Waals surface area (Å²) in [5.74, 6) is -0.103. The Hall–Kier alpha value is -0.870. The normalized spacial score (nSPS) is 12.5. The molecule has 1 heterocycles. The zero-order valence-electron chi connectivity index (χ0n) is 7.70. The first kappa shape index (κ1) is 10.2. The molecule has 0 saturated carbocycles. The Labute approximate surface area is 81.4 Å². The van der Waals surface area contributed by atoms with Gasteiger partial charge in [-0.15, -0.1) is 11.3 Å². The highest BCUT2D eigenvalue weighted by Gasteiger charge is 2.14. The Balaban J connectivity index is 2.87. The van der Waals surface area contributed by atoms with Gasteiger partial charge < -0.3 is 10.4 Å². The van der Waals surface area contributed by atoms with Crippen LogP contribution >= 0.6 is 11.3 Å². The molecule has 4 heteroatoms. The molecule has 0 aliphatic heterocycles. The summed E-state index contributed by atoms with van der Waals surface area (Å²) in [4.78, 5) is 12.0. The second-order valence-electron chi connectivity index (χ2n) is 2.74. The molecule has 0 aliphatic carbocycles. The quantitative estimate of drug-likeness (QED) is 0.776. The molecule has 2 N–H and O–H groups in total. The van der Waals surface area contributed by atoms with Gasteiger partial charge in [0.2, 0.25) is 0 Å². The third-order valence-corrected chi connectivity index (χ3v) is 2.62. The van der Waals surface area contributed by atoms with Crippen LogP contribution in [0.15, 0.2) is 11.4 Å². The summed E-state index contributed by atoms with van der Waals surface area (Å²) in [7, 11) is 0. The number of amides is 1. The first-order valence-electron chi connectivity index (χ1n) is 4.20. The maximum Gasteiger partial charge on any atom is 0.261 e. The highest BCUT2D eigenvalue weighted by molar-refractivity contribution is 7.12. The molecule has 0 radical (unpaired) electrons.